The Morgan fingerprint density at radius 3 is 3.00 bits per heavy atom. The number of hydrogen-bond donors (Lipinski definition) is 0. The summed E-state index contributed by atoms with van der Waals surface area (Å²) in [7, 11) is 0. The number of benzene rings is 1. The van der Waals surface area contributed by atoms with Crippen LogP contribution in [0, 0.1) is 5.92 Å². The van der Waals surface area contributed by atoms with Gasteiger partial charge in [0.25, 0.3) is 0 Å². The normalized spacial score (nSPS) is 15.2. The van der Waals surface area contributed by atoms with Crippen molar-refractivity contribution in [2.45, 2.75) is 33.1 Å². The summed E-state index contributed by atoms with van der Waals surface area (Å²) >= 11 is 6.10. The van der Waals surface area contributed by atoms with E-state index in [4.69, 9.17) is 16.3 Å². The van der Waals surface area contributed by atoms with Crippen LogP contribution in [0.5, 0.6) is 5.75 Å². The molecule has 0 radical (unpaired) electrons. The fourth-order valence-corrected chi connectivity index (χ4v) is 2.70. The topological polar surface area (TPSA) is 26.3 Å². The lowest BCUT2D eigenvalue weighted by Crippen LogP contribution is -2.06. The van der Waals surface area contributed by atoms with E-state index >= 15 is 0 Å². The lowest BCUT2D eigenvalue weighted by atomic mass is 9.94. The molecular weight excluding hydrogens is 236 g/mol. The van der Waals surface area contributed by atoms with E-state index in [-0.39, 0.29) is 5.78 Å². The summed E-state index contributed by atoms with van der Waals surface area (Å²) in [5, 5.41) is 0.763. The number of hydrogen-bond acceptors (Lipinski definition) is 2. The zero-order valence-corrected chi connectivity index (χ0v) is 11.0. The molecule has 0 amide bonds. The highest BCUT2D eigenvalue weighted by atomic mass is 35.5. The molecule has 1 aromatic carbocycles. The number of carbonyl (C=O) groups excluding carboxylic acids is 1. The molecule has 1 unspecified atom stereocenters. The number of ketones is 1. The van der Waals surface area contributed by atoms with Crippen molar-refractivity contribution < 1.29 is 9.53 Å². The van der Waals surface area contributed by atoms with Crippen molar-refractivity contribution in [3.05, 3.63) is 28.3 Å². The molecule has 3 heteroatoms. The molecule has 1 aliphatic heterocycles. The van der Waals surface area contributed by atoms with Gasteiger partial charge in [0.1, 0.15) is 11.5 Å². The lowest BCUT2D eigenvalue weighted by molar-refractivity contribution is -0.117. The first-order chi connectivity index (χ1) is 8.06. The summed E-state index contributed by atoms with van der Waals surface area (Å²) in [5.74, 6) is 1.56. The molecule has 0 aliphatic carbocycles. The second-order valence-electron chi connectivity index (χ2n) is 4.87. The predicted molar refractivity (Wildman–Crippen MR) is 68.8 cm³/mol. The van der Waals surface area contributed by atoms with Gasteiger partial charge in [0.2, 0.25) is 0 Å². The van der Waals surface area contributed by atoms with E-state index in [0.717, 1.165) is 35.8 Å². The number of fused-ring (bicyclic) bond motifs is 1. The molecule has 0 fully saturated rings. The second-order valence-corrected chi connectivity index (χ2v) is 5.30. The third kappa shape index (κ3) is 3.01. The molecular formula is C14H17ClO2. The Morgan fingerprint density at radius 1 is 1.53 bits per heavy atom. The number of halogens is 1. The molecule has 0 aromatic heterocycles. The molecule has 0 spiro atoms. The summed E-state index contributed by atoms with van der Waals surface area (Å²) in [6.45, 7) is 4.46. The van der Waals surface area contributed by atoms with Gasteiger partial charge in [-0.2, -0.15) is 0 Å². The second kappa shape index (κ2) is 5.09. The molecule has 1 aromatic rings. The minimum absolute atomic E-state index is 0.233. The largest absolute Gasteiger partial charge is 0.493 e. The van der Waals surface area contributed by atoms with Crippen LogP contribution in [0.25, 0.3) is 0 Å². The van der Waals surface area contributed by atoms with Gasteiger partial charge >= 0.3 is 0 Å². The quantitative estimate of drug-likeness (QED) is 0.821. The van der Waals surface area contributed by atoms with Gasteiger partial charge in [-0.3, -0.25) is 0 Å². The SMILES string of the molecule is CC(=O)CC(C)Cc1cc(Cl)cc2c1OCC2. The van der Waals surface area contributed by atoms with E-state index in [2.05, 4.69) is 6.92 Å². The highest BCUT2D eigenvalue weighted by Gasteiger charge is 2.19. The lowest BCUT2D eigenvalue weighted by Gasteiger charge is -2.13. The summed E-state index contributed by atoms with van der Waals surface area (Å²) in [6.07, 6.45) is 2.40. The van der Waals surface area contributed by atoms with Crippen molar-refractivity contribution in [3.63, 3.8) is 0 Å². The van der Waals surface area contributed by atoms with Gasteiger partial charge in [-0.05, 0) is 42.5 Å². The van der Waals surface area contributed by atoms with Crippen molar-refractivity contribution in [3.8, 4) is 5.75 Å². The molecule has 2 nitrogen and oxygen atoms in total. The standard InChI is InChI=1S/C14H17ClO2/c1-9(5-10(2)16)6-12-8-13(15)7-11-3-4-17-14(11)12/h7-9H,3-6H2,1-2H3. The zero-order chi connectivity index (χ0) is 12.4. The molecule has 2 rings (SSSR count). The number of Topliss-reactive ketones (excluding diaryl/α,β-unsaturated/α-hetero) is 1. The van der Waals surface area contributed by atoms with Crippen LogP contribution < -0.4 is 4.74 Å². The van der Waals surface area contributed by atoms with Crippen LogP contribution in [0.4, 0.5) is 0 Å². The molecule has 1 heterocycles. The van der Waals surface area contributed by atoms with Gasteiger partial charge in [-0.15, -0.1) is 0 Å². The molecule has 0 N–H and O–H groups in total. The van der Waals surface area contributed by atoms with Gasteiger partial charge in [0.15, 0.2) is 0 Å². The van der Waals surface area contributed by atoms with Gasteiger partial charge in [0, 0.05) is 17.9 Å². The van der Waals surface area contributed by atoms with E-state index in [1.54, 1.807) is 6.92 Å². The Kier molecular flexibility index (Phi) is 3.72. The van der Waals surface area contributed by atoms with Gasteiger partial charge in [-0.1, -0.05) is 18.5 Å². The third-order valence-electron chi connectivity index (χ3n) is 3.03. The maximum atomic E-state index is 11.1. The average molecular weight is 253 g/mol. The first-order valence-corrected chi connectivity index (χ1v) is 6.37. The van der Waals surface area contributed by atoms with Crippen LogP contribution in [0.15, 0.2) is 12.1 Å². The van der Waals surface area contributed by atoms with E-state index in [1.165, 1.54) is 5.56 Å². The van der Waals surface area contributed by atoms with Gasteiger partial charge in [-0.25, -0.2) is 0 Å². The molecule has 17 heavy (non-hydrogen) atoms. The Bertz CT molecular complexity index is 440. The summed E-state index contributed by atoms with van der Waals surface area (Å²) in [4.78, 5) is 11.1. The Hall–Kier alpha value is -1.02. The summed E-state index contributed by atoms with van der Waals surface area (Å²) in [5.41, 5.74) is 2.33. The van der Waals surface area contributed by atoms with Crippen LogP contribution in [0.1, 0.15) is 31.4 Å². The monoisotopic (exact) mass is 252 g/mol. The third-order valence-corrected chi connectivity index (χ3v) is 3.25. The van der Waals surface area contributed by atoms with E-state index in [0.29, 0.717) is 12.3 Å². The minimum atomic E-state index is 0.233. The molecule has 1 atom stereocenters. The van der Waals surface area contributed by atoms with E-state index in [9.17, 15) is 4.79 Å². The molecule has 0 saturated heterocycles. The molecule has 0 bridgehead atoms. The molecule has 92 valence electrons. The van der Waals surface area contributed by atoms with Crippen LogP contribution in [-0.2, 0) is 17.6 Å². The first kappa shape index (κ1) is 12.4. The van der Waals surface area contributed by atoms with Crippen LogP contribution in [-0.4, -0.2) is 12.4 Å². The van der Waals surface area contributed by atoms with Crippen LogP contribution >= 0.6 is 11.6 Å². The molecule has 0 saturated carbocycles. The fourth-order valence-electron chi connectivity index (χ4n) is 2.44. The van der Waals surface area contributed by atoms with Crippen molar-refractivity contribution in [2.24, 2.45) is 5.92 Å². The highest BCUT2D eigenvalue weighted by molar-refractivity contribution is 6.30. The number of rotatable bonds is 4. The zero-order valence-electron chi connectivity index (χ0n) is 10.3. The number of carbonyl (C=O) groups is 1. The number of ether oxygens (including phenoxy) is 1. The summed E-state index contributed by atoms with van der Waals surface area (Å²) < 4.78 is 5.65. The van der Waals surface area contributed by atoms with Crippen LogP contribution in [0.2, 0.25) is 5.02 Å². The van der Waals surface area contributed by atoms with Crippen LogP contribution in [0.3, 0.4) is 0 Å². The Morgan fingerprint density at radius 2 is 2.29 bits per heavy atom. The van der Waals surface area contributed by atoms with E-state index < -0.39 is 0 Å². The first-order valence-electron chi connectivity index (χ1n) is 6.00. The fraction of sp³-hybridized carbons (Fsp3) is 0.500. The smallest absolute Gasteiger partial charge is 0.130 e. The minimum Gasteiger partial charge on any atom is -0.493 e. The van der Waals surface area contributed by atoms with E-state index in [1.807, 2.05) is 12.1 Å². The van der Waals surface area contributed by atoms with Gasteiger partial charge < -0.3 is 9.53 Å². The molecule has 1 aliphatic rings. The summed E-state index contributed by atoms with van der Waals surface area (Å²) in [6, 6.07) is 3.94. The predicted octanol–water partition coefficient (Wildman–Crippen LogP) is 3.43. The van der Waals surface area contributed by atoms with Crippen molar-refractivity contribution in [1.29, 1.82) is 0 Å². The van der Waals surface area contributed by atoms with Crippen molar-refractivity contribution in [1.82, 2.24) is 0 Å². The maximum absolute atomic E-state index is 11.1. The average Bonchev–Trinajstić information content (AvgIpc) is 2.63. The maximum Gasteiger partial charge on any atom is 0.130 e. The Labute approximate surface area is 107 Å². The Balaban J connectivity index is 2.18. The van der Waals surface area contributed by atoms with Crippen molar-refractivity contribution >= 4 is 17.4 Å². The van der Waals surface area contributed by atoms with Crippen molar-refractivity contribution in [2.75, 3.05) is 6.61 Å². The highest BCUT2D eigenvalue weighted by Crippen LogP contribution is 2.34. The van der Waals surface area contributed by atoms with Gasteiger partial charge in [0.05, 0.1) is 6.61 Å².